The van der Waals surface area contributed by atoms with Crippen molar-refractivity contribution < 1.29 is 9.90 Å². The van der Waals surface area contributed by atoms with Gasteiger partial charge in [0.25, 0.3) is 0 Å². The number of hydrogen-bond donors (Lipinski definition) is 3. The van der Waals surface area contributed by atoms with Crippen LogP contribution < -0.4 is 5.73 Å². The van der Waals surface area contributed by atoms with E-state index in [0.717, 1.165) is 5.69 Å². The molecule has 0 aliphatic carbocycles. The summed E-state index contributed by atoms with van der Waals surface area (Å²) >= 11 is 4.91. The average Bonchev–Trinajstić information content (AvgIpc) is 2.31. The highest BCUT2D eigenvalue weighted by Crippen LogP contribution is 2.00. The van der Waals surface area contributed by atoms with Gasteiger partial charge < -0.3 is 20.4 Å². The van der Waals surface area contributed by atoms with Gasteiger partial charge >= 0.3 is 5.97 Å². The van der Waals surface area contributed by atoms with Crippen molar-refractivity contribution in [3.63, 3.8) is 0 Å². The number of nitrogens with one attached hydrogen (secondary N) is 1. The molecule has 72 valence electrons. The zero-order valence-electron chi connectivity index (χ0n) is 7.15. The number of nitrogens with two attached hydrogens (primary N) is 1. The van der Waals surface area contributed by atoms with E-state index in [4.69, 9.17) is 23.1 Å². The van der Waals surface area contributed by atoms with Gasteiger partial charge in [0.05, 0.1) is 0 Å². The van der Waals surface area contributed by atoms with Crippen LogP contribution in [0.3, 0.4) is 0 Å². The average molecular weight is 201 g/mol. The number of aryl methyl sites for hydroxylation is 1. The van der Waals surface area contributed by atoms with Crippen molar-refractivity contribution in [3.05, 3.63) is 16.7 Å². The summed E-state index contributed by atoms with van der Waals surface area (Å²) in [6.45, 7) is 0. The third-order valence-electron chi connectivity index (χ3n) is 1.69. The Hall–Kier alpha value is -1.14. The van der Waals surface area contributed by atoms with Crippen molar-refractivity contribution in [3.8, 4) is 0 Å². The van der Waals surface area contributed by atoms with Crippen LogP contribution in [0.25, 0.3) is 0 Å². The van der Waals surface area contributed by atoms with Crippen molar-refractivity contribution >= 4 is 18.2 Å². The standard InChI is InChI=1S/C7H11N3O2S/c1-10-3-4(9-7(10)13)2-5(8)6(11)12/h3,5H,2,8H2,1H3,(H,9,13)(H,11,12). The number of rotatable bonds is 3. The van der Waals surface area contributed by atoms with Gasteiger partial charge in [-0.1, -0.05) is 0 Å². The molecule has 13 heavy (non-hydrogen) atoms. The number of aromatic amines is 1. The van der Waals surface area contributed by atoms with Gasteiger partial charge in [0, 0.05) is 25.4 Å². The molecule has 4 N–H and O–H groups in total. The number of H-pyrrole nitrogens is 1. The minimum absolute atomic E-state index is 0.264. The maximum Gasteiger partial charge on any atom is 0.320 e. The number of carbonyl (C=O) groups is 1. The normalized spacial score (nSPS) is 12.8. The van der Waals surface area contributed by atoms with E-state index in [9.17, 15) is 4.79 Å². The Morgan fingerprint density at radius 2 is 2.54 bits per heavy atom. The zero-order valence-corrected chi connectivity index (χ0v) is 7.97. The number of aliphatic carboxylic acids is 1. The minimum Gasteiger partial charge on any atom is -0.480 e. The predicted molar refractivity (Wildman–Crippen MR) is 49.9 cm³/mol. The number of carboxylic acid groups (broad SMARTS) is 1. The first-order valence-corrected chi connectivity index (χ1v) is 4.14. The van der Waals surface area contributed by atoms with E-state index < -0.39 is 12.0 Å². The molecule has 0 spiro atoms. The van der Waals surface area contributed by atoms with Gasteiger partial charge in [0.15, 0.2) is 4.77 Å². The fourth-order valence-corrected chi connectivity index (χ4v) is 1.16. The Morgan fingerprint density at radius 1 is 1.92 bits per heavy atom. The minimum atomic E-state index is -1.01. The molecular weight excluding hydrogens is 190 g/mol. The number of nitrogens with zero attached hydrogens (tertiary/aromatic N) is 1. The molecule has 0 aliphatic heterocycles. The van der Waals surface area contributed by atoms with Crippen LogP contribution in [0.2, 0.25) is 0 Å². The van der Waals surface area contributed by atoms with Crippen molar-refractivity contribution in [2.24, 2.45) is 12.8 Å². The van der Waals surface area contributed by atoms with Crippen molar-refractivity contribution in [1.29, 1.82) is 0 Å². The summed E-state index contributed by atoms with van der Waals surface area (Å²) in [7, 11) is 1.79. The molecule has 1 aromatic heterocycles. The molecule has 0 fully saturated rings. The SMILES string of the molecule is Cn1cc(CC(N)C(=O)O)[nH]c1=S. The highest BCUT2D eigenvalue weighted by molar-refractivity contribution is 7.71. The molecule has 5 nitrogen and oxygen atoms in total. The Bertz CT molecular complexity index is 368. The molecule has 1 rings (SSSR count). The second-order valence-electron chi connectivity index (χ2n) is 2.84. The molecule has 1 aromatic rings. The van der Waals surface area contributed by atoms with E-state index in [1.54, 1.807) is 17.8 Å². The van der Waals surface area contributed by atoms with Gasteiger partial charge in [0.1, 0.15) is 6.04 Å². The maximum atomic E-state index is 10.4. The molecule has 6 heteroatoms. The molecule has 0 bridgehead atoms. The number of imidazole rings is 1. The first-order valence-electron chi connectivity index (χ1n) is 3.73. The quantitative estimate of drug-likeness (QED) is 0.603. The summed E-state index contributed by atoms with van der Waals surface area (Å²) in [5, 5.41) is 8.55. The summed E-state index contributed by atoms with van der Waals surface area (Å²) < 4.78 is 2.27. The van der Waals surface area contributed by atoms with Gasteiger partial charge in [-0.2, -0.15) is 0 Å². The summed E-state index contributed by atoms with van der Waals surface area (Å²) in [6.07, 6.45) is 2.00. The molecule has 1 heterocycles. The van der Waals surface area contributed by atoms with Gasteiger partial charge in [-0.25, -0.2) is 0 Å². The molecule has 0 radical (unpaired) electrons. The van der Waals surface area contributed by atoms with E-state index in [1.165, 1.54) is 0 Å². The Morgan fingerprint density at radius 3 is 2.92 bits per heavy atom. The molecular formula is C7H11N3O2S. The Labute approximate surface area is 80.2 Å². The number of aromatic nitrogens is 2. The lowest BCUT2D eigenvalue weighted by atomic mass is 10.2. The molecule has 0 saturated carbocycles. The molecule has 0 aromatic carbocycles. The van der Waals surface area contributed by atoms with E-state index in [0.29, 0.717) is 4.77 Å². The second-order valence-corrected chi connectivity index (χ2v) is 3.23. The molecule has 0 aliphatic rings. The van der Waals surface area contributed by atoms with Gasteiger partial charge in [-0.3, -0.25) is 4.79 Å². The summed E-state index contributed by atoms with van der Waals surface area (Å²) in [5.74, 6) is -1.01. The Balaban J connectivity index is 2.75. The number of hydrogen-bond acceptors (Lipinski definition) is 3. The summed E-state index contributed by atoms with van der Waals surface area (Å²) in [4.78, 5) is 13.3. The topological polar surface area (TPSA) is 84.0 Å². The fraction of sp³-hybridized carbons (Fsp3) is 0.429. The highest BCUT2D eigenvalue weighted by Gasteiger charge is 2.12. The summed E-state index contributed by atoms with van der Waals surface area (Å²) in [5.41, 5.74) is 6.08. The van der Waals surface area contributed by atoms with Gasteiger partial charge in [-0.05, 0) is 12.2 Å². The van der Waals surface area contributed by atoms with Crippen LogP contribution in [-0.4, -0.2) is 26.7 Å². The molecule has 0 amide bonds. The maximum absolute atomic E-state index is 10.4. The lowest BCUT2D eigenvalue weighted by molar-refractivity contribution is -0.138. The fourth-order valence-electron chi connectivity index (χ4n) is 0.978. The van der Waals surface area contributed by atoms with E-state index in [2.05, 4.69) is 4.98 Å². The lowest BCUT2D eigenvalue weighted by Gasteiger charge is -2.02. The van der Waals surface area contributed by atoms with Crippen LogP contribution in [0, 0.1) is 4.77 Å². The molecule has 1 unspecified atom stereocenters. The Kier molecular flexibility index (Phi) is 2.84. The monoisotopic (exact) mass is 201 g/mol. The summed E-state index contributed by atoms with van der Waals surface area (Å²) in [6, 6.07) is -0.881. The molecule has 1 atom stereocenters. The predicted octanol–water partition coefficient (Wildman–Crippen LogP) is 0.0371. The van der Waals surface area contributed by atoms with Crippen LogP contribution in [0.1, 0.15) is 5.69 Å². The van der Waals surface area contributed by atoms with Crippen LogP contribution >= 0.6 is 12.2 Å². The van der Waals surface area contributed by atoms with E-state index in [-0.39, 0.29) is 6.42 Å². The van der Waals surface area contributed by atoms with E-state index >= 15 is 0 Å². The first kappa shape index (κ1) is 9.94. The third kappa shape index (κ3) is 2.40. The first-order chi connectivity index (χ1) is 6.00. The van der Waals surface area contributed by atoms with Crippen LogP contribution in [-0.2, 0) is 18.3 Å². The number of carboxylic acids is 1. The van der Waals surface area contributed by atoms with Crippen molar-refractivity contribution in [2.45, 2.75) is 12.5 Å². The van der Waals surface area contributed by atoms with Crippen LogP contribution in [0.4, 0.5) is 0 Å². The molecule has 0 saturated heterocycles. The third-order valence-corrected chi connectivity index (χ3v) is 2.08. The lowest BCUT2D eigenvalue weighted by Crippen LogP contribution is -2.32. The van der Waals surface area contributed by atoms with Crippen molar-refractivity contribution in [2.75, 3.05) is 0 Å². The van der Waals surface area contributed by atoms with Crippen molar-refractivity contribution in [1.82, 2.24) is 9.55 Å². The largest absolute Gasteiger partial charge is 0.480 e. The van der Waals surface area contributed by atoms with Gasteiger partial charge in [-0.15, -0.1) is 0 Å². The van der Waals surface area contributed by atoms with E-state index in [1.807, 2.05) is 0 Å². The highest BCUT2D eigenvalue weighted by atomic mass is 32.1. The van der Waals surface area contributed by atoms with Gasteiger partial charge in [0.2, 0.25) is 0 Å². The van der Waals surface area contributed by atoms with Crippen LogP contribution in [0.5, 0.6) is 0 Å². The second kappa shape index (κ2) is 3.71. The smallest absolute Gasteiger partial charge is 0.320 e. The zero-order chi connectivity index (χ0) is 10.0. The van der Waals surface area contributed by atoms with Crippen LogP contribution in [0.15, 0.2) is 6.20 Å².